The molecule has 0 aromatic heterocycles. The molecule has 0 bridgehead atoms. The molecule has 4 N–H and O–H groups in total. The van der Waals surface area contributed by atoms with Crippen LogP contribution in [0.25, 0.3) is 10.4 Å². The summed E-state index contributed by atoms with van der Waals surface area (Å²) in [6.07, 6.45) is 0. The van der Waals surface area contributed by atoms with E-state index in [9.17, 15) is 19.2 Å². The van der Waals surface area contributed by atoms with Gasteiger partial charge < -0.3 is 25.4 Å². The van der Waals surface area contributed by atoms with Crippen molar-refractivity contribution in [2.45, 2.75) is 0 Å². The van der Waals surface area contributed by atoms with E-state index < -0.39 is 11.9 Å². The van der Waals surface area contributed by atoms with Crippen molar-refractivity contribution in [2.75, 3.05) is 5.73 Å². The minimum atomic E-state index is -1.21. The number of nitrogens with zero attached hydrogens (tertiary/aromatic N) is 3. The van der Waals surface area contributed by atoms with E-state index in [0.717, 1.165) is 6.07 Å². The molecule has 0 fully saturated rings. The summed E-state index contributed by atoms with van der Waals surface area (Å²) >= 11 is 0. The first-order chi connectivity index (χ1) is 13.3. The van der Waals surface area contributed by atoms with E-state index in [1.165, 1.54) is 30.3 Å². The topological polar surface area (TPSA) is 202 Å². The molecule has 0 radical (unpaired) electrons. The molecule has 144 valence electrons. The predicted molar refractivity (Wildman–Crippen MR) is 93.4 cm³/mol. The average Bonchev–Trinajstić information content (AvgIpc) is 2.62. The first-order valence-electron chi connectivity index (χ1n) is 7.08. The van der Waals surface area contributed by atoms with E-state index in [4.69, 9.17) is 21.5 Å². The number of ether oxygens (including phenoxy) is 2. The molecule has 0 saturated carbocycles. The van der Waals surface area contributed by atoms with E-state index in [1.807, 2.05) is 0 Å². The van der Waals surface area contributed by atoms with Crippen molar-refractivity contribution in [1.82, 2.24) is 0 Å². The second-order valence-electron chi connectivity index (χ2n) is 4.73. The highest BCUT2D eigenvalue weighted by Crippen LogP contribution is 2.23. The number of carbonyl (C=O) groups excluding carboxylic acids is 2. The summed E-state index contributed by atoms with van der Waals surface area (Å²) in [6.45, 7) is 0.362. The van der Waals surface area contributed by atoms with Crippen LogP contribution in [0.1, 0.15) is 20.7 Å². The number of carboxylic acid groups (broad SMARTS) is 2. The maximum Gasteiger partial charge on any atom is 0.335 e. The third-order valence-electron chi connectivity index (χ3n) is 2.84. The number of hydrogen-bond acceptors (Lipinski definition) is 8. The van der Waals surface area contributed by atoms with Gasteiger partial charge in [0.05, 0.1) is 11.1 Å². The van der Waals surface area contributed by atoms with E-state index >= 15 is 0 Å². The Morgan fingerprint density at radius 2 is 1.43 bits per heavy atom. The fourth-order valence-electron chi connectivity index (χ4n) is 1.81. The fraction of sp³-hybridized carbons (Fsp3) is 0. The molecule has 0 spiro atoms. The van der Waals surface area contributed by atoms with E-state index in [-0.39, 0.29) is 46.9 Å². The van der Waals surface area contributed by atoms with Crippen molar-refractivity contribution in [2.24, 2.45) is 5.11 Å². The van der Waals surface area contributed by atoms with Gasteiger partial charge >= 0.3 is 11.9 Å². The molecular formula is C16H12N4O8. The van der Waals surface area contributed by atoms with Crippen molar-refractivity contribution < 1.29 is 38.9 Å². The van der Waals surface area contributed by atoms with Crippen LogP contribution in [0, 0.1) is 0 Å². The van der Waals surface area contributed by atoms with Gasteiger partial charge in [-0.25, -0.2) is 9.59 Å². The maximum atomic E-state index is 10.6. The Bertz CT molecular complexity index is 933. The van der Waals surface area contributed by atoms with Crippen LogP contribution in [-0.4, -0.2) is 35.1 Å². The second-order valence-corrected chi connectivity index (χ2v) is 4.73. The molecule has 2 aromatic rings. The quantitative estimate of drug-likeness (QED) is 0.209. The van der Waals surface area contributed by atoms with Gasteiger partial charge in [0.25, 0.3) is 12.9 Å². The highest BCUT2D eigenvalue weighted by Gasteiger charge is 2.07. The Morgan fingerprint density at radius 3 is 1.89 bits per heavy atom. The van der Waals surface area contributed by atoms with Gasteiger partial charge in [0.15, 0.2) is 0 Å². The number of nitrogen functional groups attached to an aromatic ring is 1. The van der Waals surface area contributed by atoms with Crippen LogP contribution in [0.4, 0.5) is 11.4 Å². The lowest BCUT2D eigenvalue weighted by Crippen LogP contribution is -1.99. The monoisotopic (exact) mass is 388 g/mol. The number of aromatic carboxylic acids is 2. The van der Waals surface area contributed by atoms with Crippen molar-refractivity contribution in [1.29, 1.82) is 0 Å². The minimum absolute atomic E-state index is 0.00676. The van der Waals surface area contributed by atoms with Crippen LogP contribution in [0.2, 0.25) is 0 Å². The Kier molecular flexibility index (Phi) is 8.00. The van der Waals surface area contributed by atoms with Crippen LogP contribution in [0.5, 0.6) is 11.5 Å². The summed E-state index contributed by atoms with van der Waals surface area (Å²) in [4.78, 5) is 43.6. The summed E-state index contributed by atoms with van der Waals surface area (Å²) in [5.74, 6) is -2.21. The molecular weight excluding hydrogens is 376 g/mol. The zero-order valence-corrected chi connectivity index (χ0v) is 13.9. The molecule has 0 aliphatic carbocycles. The lowest BCUT2D eigenvalue weighted by atomic mass is 10.2. The van der Waals surface area contributed by atoms with Crippen molar-refractivity contribution in [3.63, 3.8) is 0 Å². The summed E-state index contributed by atoms with van der Waals surface area (Å²) in [6, 6.07) is 7.42. The highest BCUT2D eigenvalue weighted by atomic mass is 16.5. The van der Waals surface area contributed by atoms with Gasteiger partial charge in [-0.05, 0) is 35.9 Å². The largest absolute Gasteiger partial charge is 0.478 e. The third-order valence-corrected chi connectivity index (χ3v) is 2.84. The van der Waals surface area contributed by atoms with Crippen molar-refractivity contribution in [3.8, 4) is 11.5 Å². The third kappa shape index (κ3) is 6.74. The van der Waals surface area contributed by atoms with Gasteiger partial charge in [0, 0.05) is 22.4 Å². The fourth-order valence-corrected chi connectivity index (χ4v) is 1.81. The van der Waals surface area contributed by atoms with Crippen LogP contribution in [-0.2, 0) is 9.59 Å². The van der Waals surface area contributed by atoms with Gasteiger partial charge in [-0.1, -0.05) is 5.11 Å². The van der Waals surface area contributed by atoms with Gasteiger partial charge in [-0.2, -0.15) is 0 Å². The number of carbonyl (C=O) groups is 4. The number of nitrogens with two attached hydrogens (primary N) is 1. The Labute approximate surface area is 156 Å². The summed E-state index contributed by atoms with van der Waals surface area (Å²) < 4.78 is 8.91. The number of carboxylic acids is 2. The predicted octanol–water partition coefficient (Wildman–Crippen LogP) is 2.36. The standard InChI is InChI=1S/C8H5N3O4.C8H7NO4/c9-11-10-6-1-5(8(13)14)2-7(3-6)15-4-12;9-6-1-5(8(11)12)2-7(3-6)13-4-10/h1-4H,(H,13,14);1-4H,9H2,(H,11,12). The Balaban J connectivity index is 0.000000283. The van der Waals surface area contributed by atoms with Crippen molar-refractivity contribution >= 4 is 36.3 Å². The summed E-state index contributed by atoms with van der Waals surface area (Å²) in [5.41, 5.74) is 13.7. The zero-order valence-electron chi connectivity index (χ0n) is 13.9. The van der Waals surface area contributed by atoms with Crippen molar-refractivity contribution in [3.05, 3.63) is 58.0 Å². The molecule has 0 unspecified atom stereocenters. The van der Waals surface area contributed by atoms with Gasteiger partial charge in [0.1, 0.15) is 11.5 Å². The maximum absolute atomic E-state index is 10.6. The number of azide groups is 1. The zero-order chi connectivity index (χ0) is 21.1. The average molecular weight is 388 g/mol. The molecule has 0 amide bonds. The molecule has 0 aliphatic heterocycles. The van der Waals surface area contributed by atoms with Crippen LogP contribution in [0.3, 0.4) is 0 Å². The minimum Gasteiger partial charge on any atom is -0.478 e. The summed E-state index contributed by atoms with van der Waals surface area (Å²) in [7, 11) is 0. The Morgan fingerprint density at radius 1 is 0.929 bits per heavy atom. The molecule has 0 saturated heterocycles. The van der Waals surface area contributed by atoms with Crippen LogP contribution >= 0.6 is 0 Å². The molecule has 12 heteroatoms. The number of hydrogen-bond donors (Lipinski definition) is 3. The highest BCUT2D eigenvalue weighted by molar-refractivity contribution is 5.90. The van der Waals surface area contributed by atoms with Gasteiger partial charge in [0.2, 0.25) is 0 Å². The van der Waals surface area contributed by atoms with Gasteiger partial charge in [-0.15, -0.1) is 0 Å². The SMILES string of the molecule is Nc1cc(OC=O)cc(C(=O)O)c1.[N-]=[N+]=Nc1cc(OC=O)cc(C(=O)O)c1. The molecule has 0 atom stereocenters. The summed E-state index contributed by atoms with van der Waals surface area (Å²) in [5, 5.41) is 20.5. The lowest BCUT2D eigenvalue weighted by Gasteiger charge is -2.01. The molecule has 2 rings (SSSR count). The number of anilines is 1. The van der Waals surface area contributed by atoms with E-state index in [2.05, 4.69) is 19.5 Å². The first-order valence-corrected chi connectivity index (χ1v) is 7.08. The van der Waals surface area contributed by atoms with Gasteiger partial charge in [-0.3, -0.25) is 9.59 Å². The first kappa shape index (κ1) is 21.5. The second kappa shape index (κ2) is 10.4. The molecule has 0 heterocycles. The lowest BCUT2D eigenvalue weighted by molar-refractivity contribution is -0.121. The van der Waals surface area contributed by atoms with Crippen LogP contribution in [0.15, 0.2) is 41.5 Å². The number of rotatable bonds is 7. The number of benzene rings is 2. The molecule has 2 aromatic carbocycles. The molecule has 12 nitrogen and oxygen atoms in total. The Hall–Kier alpha value is -4.57. The van der Waals surface area contributed by atoms with E-state index in [0.29, 0.717) is 0 Å². The van der Waals surface area contributed by atoms with E-state index in [1.54, 1.807) is 0 Å². The smallest absolute Gasteiger partial charge is 0.335 e. The molecule has 28 heavy (non-hydrogen) atoms. The normalized spacial score (nSPS) is 9.00. The van der Waals surface area contributed by atoms with Crippen LogP contribution < -0.4 is 15.2 Å². The molecule has 0 aliphatic rings.